The Kier molecular flexibility index (Phi) is 4.47. The van der Waals surface area contributed by atoms with Crippen molar-refractivity contribution in [1.29, 1.82) is 0 Å². The van der Waals surface area contributed by atoms with E-state index < -0.39 is 17.6 Å². The summed E-state index contributed by atoms with van der Waals surface area (Å²) in [4.78, 5) is 0. The third-order valence-electron chi connectivity index (χ3n) is 2.86. The van der Waals surface area contributed by atoms with E-state index >= 15 is 0 Å². The van der Waals surface area contributed by atoms with Gasteiger partial charge in [0.15, 0.2) is 11.6 Å². The summed E-state index contributed by atoms with van der Waals surface area (Å²) in [7, 11) is 0. The summed E-state index contributed by atoms with van der Waals surface area (Å²) in [6, 6.07) is 9.04. The number of ether oxygens (including phenoxy) is 1. The molecule has 21 heavy (non-hydrogen) atoms. The lowest BCUT2D eigenvalue weighted by Gasteiger charge is -2.14. The number of hydrogen-bond donors (Lipinski definition) is 1. The molecule has 0 aromatic heterocycles. The molecule has 0 aliphatic rings. The smallest absolute Gasteiger partial charge is 0.416 e. The minimum atomic E-state index is -4.51. The Labute approximate surface area is 119 Å². The maximum Gasteiger partial charge on any atom is 0.416 e. The Morgan fingerprint density at radius 1 is 1.05 bits per heavy atom. The molecule has 112 valence electrons. The monoisotopic (exact) mass is 299 g/mol. The van der Waals surface area contributed by atoms with E-state index in [1.807, 2.05) is 0 Å². The predicted molar refractivity (Wildman–Crippen MR) is 70.7 cm³/mol. The normalized spacial score (nSPS) is 11.5. The van der Waals surface area contributed by atoms with Crippen LogP contribution in [0.3, 0.4) is 0 Å². The molecule has 6 heteroatoms. The number of hydrogen-bond acceptors (Lipinski definition) is 2. The summed E-state index contributed by atoms with van der Waals surface area (Å²) < 4.78 is 57.6. The van der Waals surface area contributed by atoms with Crippen LogP contribution in [0.25, 0.3) is 0 Å². The highest BCUT2D eigenvalue weighted by molar-refractivity contribution is 5.40. The van der Waals surface area contributed by atoms with Gasteiger partial charge in [0, 0.05) is 0 Å². The minimum Gasteiger partial charge on any atom is -0.454 e. The first-order chi connectivity index (χ1) is 9.91. The van der Waals surface area contributed by atoms with Crippen molar-refractivity contribution in [2.45, 2.75) is 12.6 Å². The highest BCUT2D eigenvalue weighted by Gasteiger charge is 2.33. The summed E-state index contributed by atoms with van der Waals surface area (Å²) >= 11 is 0. The molecule has 0 radical (unpaired) electrons. The van der Waals surface area contributed by atoms with Crippen molar-refractivity contribution in [1.82, 2.24) is 0 Å². The number of nitrogens with two attached hydrogens (primary N) is 1. The summed E-state index contributed by atoms with van der Waals surface area (Å²) in [6.07, 6.45) is -4.41. The van der Waals surface area contributed by atoms with Crippen molar-refractivity contribution in [3.05, 3.63) is 59.4 Å². The van der Waals surface area contributed by atoms with Crippen LogP contribution in [0, 0.1) is 5.82 Å². The summed E-state index contributed by atoms with van der Waals surface area (Å²) in [5.74, 6) is -0.845. The van der Waals surface area contributed by atoms with Gasteiger partial charge in [-0.05, 0) is 42.8 Å². The predicted octanol–water partition coefficient (Wildman–Crippen LogP) is 4.14. The van der Waals surface area contributed by atoms with Gasteiger partial charge in [-0.2, -0.15) is 13.2 Å². The molecule has 0 saturated carbocycles. The third kappa shape index (κ3) is 3.72. The first-order valence-corrected chi connectivity index (χ1v) is 6.24. The van der Waals surface area contributed by atoms with E-state index in [1.54, 1.807) is 0 Å². The van der Waals surface area contributed by atoms with Crippen molar-refractivity contribution >= 4 is 0 Å². The Morgan fingerprint density at radius 2 is 1.76 bits per heavy atom. The van der Waals surface area contributed by atoms with Crippen LogP contribution in [0.1, 0.15) is 11.1 Å². The molecule has 0 heterocycles. The number of rotatable bonds is 4. The third-order valence-corrected chi connectivity index (χ3v) is 2.86. The van der Waals surface area contributed by atoms with Gasteiger partial charge in [0.25, 0.3) is 0 Å². The summed E-state index contributed by atoms with van der Waals surface area (Å²) in [5.41, 5.74) is 4.58. The van der Waals surface area contributed by atoms with E-state index in [-0.39, 0.29) is 30.0 Å². The second-order valence-corrected chi connectivity index (χ2v) is 4.39. The van der Waals surface area contributed by atoms with Gasteiger partial charge in [-0.1, -0.05) is 18.2 Å². The Morgan fingerprint density at radius 3 is 2.38 bits per heavy atom. The molecular formula is C15H13F4NO. The average Bonchev–Trinajstić information content (AvgIpc) is 2.42. The molecule has 2 nitrogen and oxygen atoms in total. The van der Waals surface area contributed by atoms with Crippen LogP contribution in [0.2, 0.25) is 0 Å². The Balaban J connectivity index is 2.36. The Hall–Kier alpha value is -2.08. The van der Waals surface area contributed by atoms with Gasteiger partial charge < -0.3 is 10.5 Å². The molecule has 0 spiro atoms. The first-order valence-electron chi connectivity index (χ1n) is 6.24. The van der Waals surface area contributed by atoms with Crippen LogP contribution in [0.4, 0.5) is 17.6 Å². The molecular weight excluding hydrogens is 286 g/mol. The minimum absolute atomic E-state index is 0.0757. The summed E-state index contributed by atoms with van der Waals surface area (Å²) in [6.45, 7) is 0.108. The van der Waals surface area contributed by atoms with E-state index in [4.69, 9.17) is 10.5 Å². The lowest BCUT2D eigenvalue weighted by atomic mass is 10.0. The maximum absolute atomic E-state index is 13.4. The van der Waals surface area contributed by atoms with Crippen LogP contribution in [0.15, 0.2) is 42.5 Å². The second-order valence-electron chi connectivity index (χ2n) is 4.39. The van der Waals surface area contributed by atoms with Crippen molar-refractivity contribution < 1.29 is 22.3 Å². The zero-order valence-corrected chi connectivity index (χ0v) is 11.0. The van der Waals surface area contributed by atoms with Crippen LogP contribution in [-0.4, -0.2) is 6.54 Å². The lowest BCUT2D eigenvalue weighted by Crippen LogP contribution is -2.12. The molecule has 0 amide bonds. The fraction of sp³-hybridized carbons (Fsp3) is 0.200. The van der Waals surface area contributed by atoms with Crippen LogP contribution < -0.4 is 10.5 Å². The molecule has 0 aliphatic carbocycles. The van der Waals surface area contributed by atoms with Gasteiger partial charge in [-0.25, -0.2) is 4.39 Å². The van der Waals surface area contributed by atoms with E-state index in [1.165, 1.54) is 36.4 Å². The van der Waals surface area contributed by atoms with Gasteiger partial charge in [-0.15, -0.1) is 0 Å². The molecule has 0 saturated heterocycles. The van der Waals surface area contributed by atoms with E-state index in [0.717, 1.165) is 6.07 Å². The van der Waals surface area contributed by atoms with Crippen molar-refractivity contribution in [3.63, 3.8) is 0 Å². The largest absolute Gasteiger partial charge is 0.454 e. The van der Waals surface area contributed by atoms with Crippen molar-refractivity contribution in [3.8, 4) is 11.5 Å². The van der Waals surface area contributed by atoms with Crippen molar-refractivity contribution in [2.75, 3.05) is 6.54 Å². The molecule has 2 N–H and O–H groups in total. The number of halogens is 4. The van der Waals surface area contributed by atoms with Crippen LogP contribution in [0.5, 0.6) is 11.5 Å². The average molecular weight is 299 g/mol. The zero-order chi connectivity index (χ0) is 15.5. The number of para-hydroxylation sites is 1. The quantitative estimate of drug-likeness (QED) is 0.861. The van der Waals surface area contributed by atoms with Gasteiger partial charge in [0.05, 0.1) is 5.56 Å². The van der Waals surface area contributed by atoms with Gasteiger partial charge in [0.1, 0.15) is 5.75 Å². The highest BCUT2D eigenvalue weighted by Crippen LogP contribution is 2.36. The van der Waals surface area contributed by atoms with E-state index in [9.17, 15) is 17.6 Å². The molecule has 2 aromatic carbocycles. The second kappa shape index (κ2) is 6.13. The molecule has 2 aromatic rings. The standard InChI is InChI=1S/C15H13F4NO/c16-13-3-1-2-4-14(13)21-11-6-5-10(7-8-20)12(9-11)15(17,18)19/h1-6,9H,7-8,20H2. The lowest BCUT2D eigenvalue weighted by molar-refractivity contribution is -0.138. The molecule has 2 rings (SSSR count). The SMILES string of the molecule is NCCc1ccc(Oc2ccccc2F)cc1C(F)(F)F. The van der Waals surface area contributed by atoms with Crippen LogP contribution in [-0.2, 0) is 12.6 Å². The fourth-order valence-corrected chi connectivity index (χ4v) is 1.91. The van der Waals surface area contributed by atoms with Crippen LogP contribution >= 0.6 is 0 Å². The first kappa shape index (κ1) is 15.3. The highest BCUT2D eigenvalue weighted by atomic mass is 19.4. The fourth-order valence-electron chi connectivity index (χ4n) is 1.91. The molecule has 0 aliphatic heterocycles. The number of benzene rings is 2. The van der Waals surface area contributed by atoms with Gasteiger partial charge >= 0.3 is 6.18 Å². The van der Waals surface area contributed by atoms with E-state index in [2.05, 4.69) is 0 Å². The topological polar surface area (TPSA) is 35.2 Å². The zero-order valence-electron chi connectivity index (χ0n) is 11.0. The molecule has 0 unspecified atom stereocenters. The van der Waals surface area contributed by atoms with Gasteiger partial charge in [0.2, 0.25) is 0 Å². The van der Waals surface area contributed by atoms with E-state index in [0.29, 0.717) is 0 Å². The molecule has 0 bridgehead atoms. The van der Waals surface area contributed by atoms with Gasteiger partial charge in [-0.3, -0.25) is 0 Å². The summed E-state index contributed by atoms with van der Waals surface area (Å²) in [5, 5.41) is 0. The Bertz CT molecular complexity index is 625. The molecule has 0 atom stereocenters. The maximum atomic E-state index is 13.4. The number of alkyl halides is 3. The van der Waals surface area contributed by atoms with Crippen molar-refractivity contribution in [2.24, 2.45) is 5.73 Å². The molecule has 0 fully saturated rings.